The van der Waals surface area contributed by atoms with Crippen LogP contribution in [0.5, 0.6) is 0 Å². The van der Waals surface area contributed by atoms with Crippen LogP contribution in [0.4, 0.5) is 0 Å². The summed E-state index contributed by atoms with van der Waals surface area (Å²) >= 11 is 0. The van der Waals surface area contributed by atoms with E-state index < -0.39 is 0 Å². The van der Waals surface area contributed by atoms with Crippen molar-refractivity contribution in [2.75, 3.05) is 6.61 Å². The molecule has 0 heterocycles. The Morgan fingerprint density at radius 2 is 1.83 bits per heavy atom. The highest BCUT2D eigenvalue weighted by atomic mass is 16.5. The van der Waals surface area contributed by atoms with E-state index in [1.165, 1.54) is 41.5 Å². The maximum atomic E-state index is 5.95. The molecule has 0 unspecified atom stereocenters. The fourth-order valence-corrected chi connectivity index (χ4v) is 2.63. The summed E-state index contributed by atoms with van der Waals surface area (Å²) in [5.74, 6) is 1.00. The number of benzene rings is 1. The maximum absolute atomic E-state index is 5.95. The predicted octanol–water partition coefficient (Wildman–Crippen LogP) is 6.19. The Labute approximate surface area is 141 Å². The van der Waals surface area contributed by atoms with Gasteiger partial charge in [-0.2, -0.15) is 0 Å². The summed E-state index contributed by atoms with van der Waals surface area (Å²) in [5.41, 5.74) is 5.65. The molecule has 0 bridgehead atoms. The number of hydrogen-bond donors (Lipinski definition) is 0. The van der Waals surface area contributed by atoms with E-state index in [0.29, 0.717) is 6.61 Å². The monoisotopic (exact) mass is 309 g/mol. The van der Waals surface area contributed by atoms with Crippen molar-refractivity contribution in [3.63, 3.8) is 0 Å². The van der Waals surface area contributed by atoms with Crippen LogP contribution in [0.25, 0.3) is 0 Å². The Morgan fingerprint density at radius 3 is 2.48 bits per heavy atom. The SMILES string of the molecule is CCCC/C(C)=C(\C)COC1=CC=C(Cc2ccccc2)C[CH]1. The van der Waals surface area contributed by atoms with Gasteiger partial charge in [-0.05, 0) is 56.7 Å². The number of allylic oxidation sites excluding steroid dienone is 5. The summed E-state index contributed by atoms with van der Waals surface area (Å²) in [6.07, 6.45) is 12.2. The van der Waals surface area contributed by atoms with Gasteiger partial charge in [-0.25, -0.2) is 0 Å². The molecule has 1 heteroatoms. The molecule has 0 saturated carbocycles. The van der Waals surface area contributed by atoms with E-state index in [4.69, 9.17) is 4.74 Å². The maximum Gasteiger partial charge on any atom is 0.109 e. The van der Waals surface area contributed by atoms with Gasteiger partial charge < -0.3 is 4.74 Å². The Balaban J connectivity index is 1.84. The number of unbranched alkanes of at least 4 members (excludes halogenated alkanes) is 1. The minimum absolute atomic E-state index is 0.708. The van der Waals surface area contributed by atoms with Crippen LogP contribution in [-0.4, -0.2) is 6.61 Å². The quantitative estimate of drug-likeness (QED) is 0.520. The Hall–Kier alpha value is -1.76. The van der Waals surface area contributed by atoms with Crippen LogP contribution in [0, 0.1) is 6.42 Å². The van der Waals surface area contributed by atoms with Gasteiger partial charge in [0.25, 0.3) is 0 Å². The van der Waals surface area contributed by atoms with Gasteiger partial charge in [0.2, 0.25) is 0 Å². The third-order valence-corrected chi connectivity index (χ3v) is 4.41. The molecular weight excluding hydrogens is 280 g/mol. The van der Waals surface area contributed by atoms with Crippen molar-refractivity contribution in [3.8, 4) is 0 Å². The fraction of sp³-hybridized carbons (Fsp3) is 0.409. The highest BCUT2D eigenvalue weighted by Gasteiger charge is 2.09. The second-order valence-corrected chi connectivity index (χ2v) is 6.42. The Bertz CT molecular complexity index is 575. The molecule has 0 saturated heterocycles. The summed E-state index contributed by atoms with van der Waals surface area (Å²) < 4.78 is 5.95. The molecule has 0 amide bonds. The van der Waals surface area contributed by atoms with Crippen molar-refractivity contribution in [2.24, 2.45) is 0 Å². The molecule has 0 spiro atoms. The van der Waals surface area contributed by atoms with Crippen molar-refractivity contribution in [2.45, 2.75) is 52.9 Å². The van der Waals surface area contributed by atoms with Crippen LogP contribution < -0.4 is 0 Å². The molecule has 1 aromatic rings. The highest BCUT2D eigenvalue weighted by Crippen LogP contribution is 2.22. The van der Waals surface area contributed by atoms with E-state index in [9.17, 15) is 0 Å². The van der Waals surface area contributed by atoms with Gasteiger partial charge in [-0.15, -0.1) is 0 Å². The molecular formula is C22H29O. The minimum Gasteiger partial charge on any atom is -0.493 e. The van der Waals surface area contributed by atoms with Gasteiger partial charge in [0.15, 0.2) is 0 Å². The summed E-state index contributed by atoms with van der Waals surface area (Å²) in [6.45, 7) is 7.36. The molecule has 0 aromatic heterocycles. The molecule has 0 atom stereocenters. The Morgan fingerprint density at radius 1 is 1.04 bits per heavy atom. The van der Waals surface area contributed by atoms with Gasteiger partial charge in [0.05, 0.1) is 0 Å². The van der Waals surface area contributed by atoms with Crippen LogP contribution in [-0.2, 0) is 11.2 Å². The lowest BCUT2D eigenvalue weighted by Crippen LogP contribution is -2.03. The molecule has 1 radical (unpaired) electrons. The summed E-state index contributed by atoms with van der Waals surface area (Å²) in [5, 5.41) is 0. The predicted molar refractivity (Wildman–Crippen MR) is 99.1 cm³/mol. The van der Waals surface area contributed by atoms with Crippen LogP contribution in [0.3, 0.4) is 0 Å². The van der Waals surface area contributed by atoms with Crippen LogP contribution in [0.2, 0.25) is 0 Å². The van der Waals surface area contributed by atoms with E-state index in [-0.39, 0.29) is 0 Å². The Kier molecular flexibility index (Phi) is 7.19. The molecule has 0 N–H and O–H groups in total. The lowest BCUT2D eigenvalue weighted by molar-refractivity contribution is 0.243. The van der Waals surface area contributed by atoms with E-state index in [1.807, 2.05) is 0 Å². The normalized spacial score (nSPS) is 15.6. The van der Waals surface area contributed by atoms with Crippen molar-refractivity contribution >= 4 is 0 Å². The van der Waals surface area contributed by atoms with E-state index >= 15 is 0 Å². The number of ether oxygens (including phenoxy) is 1. The molecule has 1 aromatic carbocycles. The summed E-state index contributed by atoms with van der Waals surface area (Å²) in [7, 11) is 0. The minimum atomic E-state index is 0.708. The summed E-state index contributed by atoms with van der Waals surface area (Å²) in [6, 6.07) is 10.6. The van der Waals surface area contributed by atoms with E-state index in [1.54, 1.807) is 0 Å². The smallest absolute Gasteiger partial charge is 0.109 e. The fourth-order valence-electron chi connectivity index (χ4n) is 2.63. The van der Waals surface area contributed by atoms with Crippen LogP contribution >= 0.6 is 0 Å². The first-order valence-corrected chi connectivity index (χ1v) is 8.74. The summed E-state index contributed by atoms with van der Waals surface area (Å²) in [4.78, 5) is 0. The second-order valence-electron chi connectivity index (χ2n) is 6.42. The molecule has 1 aliphatic rings. The van der Waals surface area contributed by atoms with Crippen molar-refractivity contribution < 1.29 is 4.74 Å². The largest absolute Gasteiger partial charge is 0.493 e. The zero-order chi connectivity index (χ0) is 16.5. The van der Waals surface area contributed by atoms with Gasteiger partial charge in [0, 0.05) is 6.42 Å². The molecule has 0 fully saturated rings. The third-order valence-electron chi connectivity index (χ3n) is 4.41. The van der Waals surface area contributed by atoms with Gasteiger partial charge in [0.1, 0.15) is 12.4 Å². The number of hydrogen-bond acceptors (Lipinski definition) is 1. The number of rotatable bonds is 8. The van der Waals surface area contributed by atoms with E-state index in [2.05, 4.69) is 69.7 Å². The topological polar surface area (TPSA) is 9.23 Å². The van der Waals surface area contributed by atoms with Crippen molar-refractivity contribution in [1.29, 1.82) is 0 Å². The molecule has 0 aliphatic heterocycles. The zero-order valence-electron chi connectivity index (χ0n) is 14.8. The van der Waals surface area contributed by atoms with Gasteiger partial charge >= 0.3 is 0 Å². The molecule has 2 rings (SSSR count). The molecule has 1 aliphatic carbocycles. The average molecular weight is 309 g/mol. The first kappa shape index (κ1) is 17.6. The third kappa shape index (κ3) is 6.09. The van der Waals surface area contributed by atoms with Crippen LogP contribution in [0.1, 0.15) is 52.0 Å². The van der Waals surface area contributed by atoms with Gasteiger partial charge in [-0.1, -0.05) is 60.9 Å². The molecule has 23 heavy (non-hydrogen) atoms. The van der Waals surface area contributed by atoms with Crippen LogP contribution in [0.15, 0.2) is 65.0 Å². The highest BCUT2D eigenvalue weighted by molar-refractivity contribution is 5.32. The average Bonchev–Trinajstić information content (AvgIpc) is 2.59. The van der Waals surface area contributed by atoms with Crippen molar-refractivity contribution in [1.82, 2.24) is 0 Å². The standard InChI is InChI=1S/C22H29O/c1-4-5-9-18(2)19(3)17-23-22-14-12-21(13-15-22)16-20-10-7-6-8-11-20/h6-8,10-12,14-15H,4-5,9,13,16-17H2,1-3H3/b19-18+. The second kappa shape index (κ2) is 9.39. The molecule has 123 valence electrons. The molecule has 1 nitrogen and oxygen atoms in total. The zero-order valence-corrected chi connectivity index (χ0v) is 14.8. The van der Waals surface area contributed by atoms with Gasteiger partial charge in [-0.3, -0.25) is 0 Å². The first-order chi connectivity index (χ1) is 11.2. The lowest BCUT2D eigenvalue weighted by atomic mass is 9.97. The lowest BCUT2D eigenvalue weighted by Gasteiger charge is -2.17. The van der Waals surface area contributed by atoms with E-state index in [0.717, 1.165) is 18.6 Å². The first-order valence-electron chi connectivity index (χ1n) is 8.74. The van der Waals surface area contributed by atoms with Crippen molar-refractivity contribution in [3.05, 3.63) is 76.9 Å².